The molecule has 1 heterocycles. The lowest BCUT2D eigenvalue weighted by Crippen LogP contribution is -2.14. The molecule has 1 aliphatic rings. The Morgan fingerprint density at radius 2 is 2.28 bits per heavy atom. The Morgan fingerprint density at radius 1 is 1.44 bits per heavy atom. The molecule has 2 unspecified atom stereocenters. The van der Waals surface area contributed by atoms with Gasteiger partial charge in [-0.2, -0.15) is 5.26 Å². The van der Waals surface area contributed by atoms with Crippen molar-refractivity contribution in [3.63, 3.8) is 0 Å². The number of para-hydroxylation sites is 1. The first-order valence-electron chi connectivity index (χ1n) is 6.39. The van der Waals surface area contributed by atoms with E-state index in [2.05, 4.69) is 22.5 Å². The summed E-state index contributed by atoms with van der Waals surface area (Å²) in [5.74, 6) is 1.15. The van der Waals surface area contributed by atoms with Crippen molar-refractivity contribution in [3.8, 4) is 6.07 Å². The third-order valence-electron chi connectivity index (χ3n) is 4.02. The number of nitriles is 1. The summed E-state index contributed by atoms with van der Waals surface area (Å²) >= 11 is 0. The summed E-state index contributed by atoms with van der Waals surface area (Å²) in [4.78, 5) is 4.38. The van der Waals surface area contributed by atoms with E-state index in [4.69, 9.17) is 11.0 Å². The smallest absolute Gasteiger partial charge is 0.201 e. The fourth-order valence-electron chi connectivity index (χ4n) is 3.08. The summed E-state index contributed by atoms with van der Waals surface area (Å²) in [6, 6.07) is 8.30. The van der Waals surface area contributed by atoms with E-state index < -0.39 is 0 Å². The summed E-state index contributed by atoms with van der Waals surface area (Å²) in [6.07, 6.45) is 3.62. The molecule has 2 N–H and O–H groups in total. The molecule has 18 heavy (non-hydrogen) atoms. The van der Waals surface area contributed by atoms with Crippen LogP contribution in [0.1, 0.15) is 37.8 Å². The molecule has 1 aliphatic carbocycles. The topological polar surface area (TPSA) is 67.6 Å². The number of fused-ring (bicyclic) bond motifs is 1. The average Bonchev–Trinajstić information content (AvgIpc) is 2.91. The number of rotatable bonds is 1. The van der Waals surface area contributed by atoms with Crippen LogP contribution in [-0.2, 0) is 0 Å². The maximum Gasteiger partial charge on any atom is 0.201 e. The van der Waals surface area contributed by atoms with E-state index in [1.54, 1.807) is 6.07 Å². The van der Waals surface area contributed by atoms with Crippen molar-refractivity contribution in [3.05, 3.63) is 23.8 Å². The van der Waals surface area contributed by atoms with Gasteiger partial charge in [-0.25, -0.2) is 4.98 Å². The molecule has 1 aromatic carbocycles. The maximum absolute atomic E-state index is 9.11. The normalized spacial score (nSPS) is 23.3. The minimum absolute atomic E-state index is 0.420. The molecule has 1 fully saturated rings. The van der Waals surface area contributed by atoms with Crippen LogP contribution < -0.4 is 5.73 Å². The summed E-state index contributed by atoms with van der Waals surface area (Å²) in [5, 5.41) is 9.11. The van der Waals surface area contributed by atoms with Gasteiger partial charge >= 0.3 is 0 Å². The van der Waals surface area contributed by atoms with Crippen LogP contribution in [0.5, 0.6) is 0 Å². The fraction of sp³-hybridized carbons (Fsp3) is 0.429. The van der Waals surface area contributed by atoms with Gasteiger partial charge in [-0.3, -0.25) is 0 Å². The van der Waals surface area contributed by atoms with E-state index in [-0.39, 0.29) is 0 Å². The Morgan fingerprint density at radius 3 is 2.94 bits per heavy atom. The third kappa shape index (κ3) is 1.47. The van der Waals surface area contributed by atoms with Crippen molar-refractivity contribution in [1.29, 1.82) is 5.26 Å². The monoisotopic (exact) mass is 240 g/mol. The first-order chi connectivity index (χ1) is 8.72. The molecule has 1 aromatic heterocycles. The summed E-state index contributed by atoms with van der Waals surface area (Å²) in [5.41, 5.74) is 8.39. The number of imidazole rings is 1. The number of hydrogen-bond donors (Lipinski definition) is 1. The zero-order valence-electron chi connectivity index (χ0n) is 10.4. The number of nitrogen functional groups attached to an aromatic ring is 1. The SMILES string of the molecule is CC1CCCC1n1c(N)nc2c(C#N)cccc21. The number of anilines is 1. The van der Waals surface area contributed by atoms with Gasteiger partial charge in [-0.15, -0.1) is 0 Å². The summed E-state index contributed by atoms with van der Waals surface area (Å²) in [7, 11) is 0. The highest BCUT2D eigenvalue weighted by molar-refractivity contribution is 5.84. The van der Waals surface area contributed by atoms with E-state index in [9.17, 15) is 0 Å². The van der Waals surface area contributed by atoms with E-state index in [1.807, 2.05) is 12.1 Å². The number of benzene rings is 1. The van der Waals surface area contributed by atoms with Gasteiger partial charge in [-0.1, -0.05) is 19.4 Å². The molecule has 3 rings (SSSR count). The van der Waals surface area contributed by atoms with Crippen LogP contribution in [0, 0.1) is 17.2 Å². The molecule has 2 atom stereocenters. The van der Waals surface area contributed by atoms with Crippen LogP contribution in [0.15, 0.2) is 18.2 Å². The van der Waals surface area contributed by atoms with Crippen LogP contribution in [0.2, 0.25) is 0 Å². The first-order valence-corrected chi connectivity index (χ1v) is 6.39. The molecule has 0 amide bonds. The predicted octanol–water partition coefficient (Wildman–Crippen LogP) is 2.85. The lowest BCUT2D eigenvalue weighted by Gasteiger charge is -2.19. The van der Waals surface area contributed by atoms with E-state index in [1.165, 1.54) is 12.8 Å². The van der Waals surface area contributed by atoms with Gasteiger partial charge in [-0.05, 0) is 30.9 Å². The zero-order chi connectivity index (χ0) is 12.7. The molecule has 0 saturated heterocycles. The molecule has 0 aliphatic heterocycles. The molecule has 92 valence electrons. The van der Waals surface area contributed by atoms with E-state index in [0.29, 0.717) is 23.5 Å². The molecule has 4 nitrogen and oxygen atoms in total. The van der Waals surface area contributed by atoms with Gasteiger partial charge in [0.05, 0.1) is 11.1 Å². The molecular weight excluding hydrogens is 224 g/mol. The Hall–Kier alpha value is -2.02. The van der Waals surface area contributed by atoms with Gasteiger partial charge in [0, 0.05) is 6.04 Å². The highest BCUT2D eigenvalue weighted by Crippen LogP contribution is 2.39. The zero-order valence-corrected chi connectivity index (χ0v) is 10.4. The minimum Gasteiger partial charge on any atom is -0.369 e. The van der Waals surface area contributed by atoms with Gasteiger partial charge < -0.3 is 10.3 Å². The molecule has 4 heteroatoms. The van der Waals surface area contributed by atoms with E-state index in [0.717, 1.165) is 17.5 Å². The van der Waals surface area contributed by atoms with Crippen LogP contribution >= 0.6 is 0 Å². The second kappa shape index (κ2) is 4.02. The number of nitrogens with two attached hydrogens (primary N) is 1. The van der Waals surface area contributed by atoms with Gasteiger partial charge in [0.25, 0.3) is 0 Å². The molecule has 1 saturated carbocycles. The number of aromatic nitrogens is 2. The van der Waals surface area contributed by atoms with Crippen molar-refractivity contribution in [2.75, 3.05) is 5.73 Å². The molecule has 0 bridgehead atoms. The number of nitrogens with zero attached hydrogens (tertiary/aromatic N) is 3. The number of hydrogen-bond acceptors (Lipinski definition) is 3. The van der Waals surface area contributed by atoms with Crippen molar-refractivity contribution < 1.29 is 0 Å². The third-order valence-corrected chi connectivity index (χ3v) is 4.02. The van der Waals surface area contributed by atoms with Crippen LogP contribution in [0.3, 0.4) is 0 Å². The van der Waals surface area contributed by atoms with Crippen molar-refractivity contribution in [2.24, 2.45) is 5.92 Å². The molecule has 2 aromatic rings. The minimum atomic E-state index is 0.420. The van der Waals surface area contributed by atoms with Crippen molar-refractivity contribution in [1.82, 2.24) is 9.55 Å². The quantitative estimate of drug-likeness (QED) is 0.833. The molecule has 0 radical (unpaired) electrons. The highest BCUT2D eigenvalue weighted by Gasteiger charge is 2.28. The second-order valence-corrected chi connectivity index (χ2v) is 5.10. The predicted molar refractivity (Wildman–Crippen MR) is 70.9 cm³/mol. The lowest BCUT2D eigenvalue weighted by molar-refractivity contribution is 0.421. The lowest BCUT2D eigenvalue weighted by atomic mass is 10.1. The summed E-state index contributed by atoms with van der Waals surface area (Å²) in [6.45, 7) is 2.26. The largest absolute Gasteiger partial charge is 0.369 e. The van der Waals surface area contributed by atoms with Crippen LogP contribution in [0.4, 0.5) is 5.95 Å². The van der Waals surface area contributed by atoms with Crippen molar-refractivity contribution in [2.45, 2.75) is 32.2 Å². The van der Waals surface area contributed by atoms with Crippen LogP contribution in [0.25, 0.3) is 11.0 Å². The Bertz CT molecular complexity index is 635. The van der Waals surface area contributed by atoms with Gasteiger partial charge in [0.1, 0.15) is 11.6 Å². The van der Waals surface area contributed by atoms with Gasteiger partial charge in [0.15, 0.2) is 0 Å². The molecule has 0 spiro atoms. The fourth-order valence-corrected chi connectivity index (χ4v) is 3.08. The maximum atomic E-state index is 9.11. The highest BCUT2D eigenvalue weighted by atomic mass is 15.2. The van der Waals surface area contributed by atoms with Crippen molar-refractivity contribution >= 4 is 17.0 Å². The van der Waals surface area contributed by atoms with Crippen LogP contribution in [-0.4, -0.2) is 9.55 Å². The summed E-state index contributed by atoms with van der Waals surface area (Å²) < 4.78 is 2.12. The second-order valence-electron chi connectivity index (χ2n) is 5.10. The Labute approximate surface area is 106 Å². The molecular formula is C14H16N4. The van der Waals surface area contributed by atoms with E-state index >= 15 is 0 Å². The Kier molecular flexibility index (Phi) is 2.48. The first kappa shape index (κ1) is 11.1. The Balaban J connectivity index is 2.24. The standard InChI is InChI=1S/C14H16N4/c1-9-4-2-6-11(9)18-12-7-3-5-10(8-15)13(12)17-14(18)16/h3,5,7,9,11H,2,4,6H2,1H3,(H2,16,17). The average molecular weight is 240 g/mol. The van der Waals surface area contributed by atoms with Gasteiger partial charge in [0.2, 0.25) is 5.95 Å².